The van der Waals surface area contributed by atoms with Gasteiger partial charge in [-0.3, -0.25) is 0 Å². The topological polar surface area (TPSA) is 12.0 Å². The number of hydrogen-bond donors (Lipinski definition) is 1. The molecule has 0 amide bonds. The van der Waals surface area contributed by atoms with Gasteiger partial charge in [0, 0.05) is 22.2 Å². The lowest BCUT2D eigenvalue weighted by Gasteiger charge is -2.16. The van der Waals surface area contributed by atoms with Crippen LogP contribution in [0, 0.1) is 12.3 Å². The van der Waals surface area contributed by atoms with E-state index in [-0.39, 0.29) is 0 Å². The normalized spacial score (nSPS) is 15.8. The summed E-state index contributed by atoms with van der Waals surface area (Å²) in [5, 5.41) is 3.70. The SMILES string of the molecule is C#CCCCC(NCCC)c1cc2c(s1)CCCC2. The molecule has 0 spiro atoms. The lowest BCUT2D eigenvalue weighted by atomic mass is 9.98. The summed E-state index contributed by atoms with van der Waals surface area (Å²) in [4.78, 5) is 3.18. The van der Waals surface area contributed by atoms with Gasteiger partial charge in [-0.25, -0.2) is 0 Å². The maximum atomic E-state index is 5.37. The minimum absolute atomic E-state index is 0.517. The van der Waals surface area contributed by atoms with Gasteiger partial charge in [-0.2, -0.15) is 0 Å². The van der Waals surface area contributed by atoms with Crippen molar-refractivity contribution in [3.05, 3.63) is 21.4 Å². The number of terminal acetylenes is 1. The zero-order chi connectivity index (χ0) is 13.5. The van der Waals surface area contributed by atoms with E-state index in [1.807, 2.05) is 11.3 Å². The second kappa shape index (κ2) is 7.72. The van der Waals surface area contributed by atoms with Crippen LogP contribution in [0.25, 0.3) is 0 Å². The quantitative estimate of drug-likeness (QED) is 0.572. The number of aryl methyl sites for hydroxylation is 2. The van der Waals surface area contributed by atoms with Crippen LogP contribution in [0.2, 0.25) is 0 Å². The molecule has 19 heavy (non-hydrogen) atoms. The molecule has 1 heterocycles. The Bertz CT molecular complexity index is 403. The Hall–Kier alpha value is -0.780. The first kappa shape index (κ1) is 14.6. The van der Waals surface area contributed by atoms with Crippen LogP contribution in [-0.2, 0) is 12.8 Å². The molecule has 0 saturated heterocycles. The third-order valence-electron chi connectivity index (χ3n) is 3.81. The molecular weight excluding hydrogens is 250 g/mol. The van der Waals surface area contributed by atoms with Gasteiger partial charge in [0.2, 0.25) is 0 Å². The Labute approximate surface area is 121 Å². The fraction of sp³-hybridized carbons (Fsp3) is 0.647. The largest absolute Gasteiger partial charge is 0.309 e. The molecular formula is C17H25NS. The molecule has 1 N–H and O–H groups in total. The molecule has 0 bridgehead atoms. The zero-order valence-corrected chi connectivity index (χ0v) is 12.8. The number of thiophene rings is 1. The van der Waals surface area contributed by atoms with E-state index in [0.717, 1.165) is 19.4 Å². The molecule has 1 aliphatic rings. The second-order valence-electron chi connectivity index (χ2n) is 5.41. The maximum absolute atomic E-state index is 5.37. The van der Waals surface area contributed by atoms with Crippen molar-refractivity contribution in [1.82, 2.24) is 5.32 Å². The molecule has 0 fully saturated rings. The van der Waals surface area contributed by atoms with Crippen molar-refractivity contribution in [2.75, 3.05) is 6.54 Å². The third-order valence-corrected chi connectivity index (χ3v) is 5.16. The van der Waals surface area contributed by atoms with Crippen LogP contribution in [0.3, 0.4) is 0 Å². The molecule has 0 saturated carbocycles. The Kier molecular flexibility index (Phi) is 5.94. The highest BCUT2D eigenvalue weighted by Gasteiger charge is 2.18. The molecule has 1 aromatic rings. The van der Waals surface area contributed by atoms with Gasteiger partial charge in [-0.15, -0.1) is 23.7 Å². The van der Waals surface area contributed by atoms with Gasteiger partial charge in [-0.1, -0.05) is 6.92 Å². The molecule has 1 aromatic heterocycles. The summed E-state index contributed by atoms with van der Waals surface area (Å²) in [6.07, 6.45) is 15.1. The van der Waals surface area contributed by atoms with Crippen molar-refractivity contribution in [2.45, 2.75) is 64.3 Å². The molecule has 1 unspecified atom stereocenters. The number of hydrogen-bond acceptors (Lipinski definition) is 2. The fourth-order valence-electron chi connectivity index (χ4n) is 2.76. The Morgan fingerprint density at radius 2 is 2.26 bits per heavy atom. The predicted molar refractivity (Wildman–Crippen MR) is 84.7 cm³/mol. The van der Waals surface area contributed by atoms with Gasteiger partial charge in [0.25, 0.3) is 0 Å². The van der Waals surface area contributed by atoms with Crippen LogP contribution in [0.5, 0.6) is 0 Å². The summed E-state index contributed by atoms with van der Waals surface area (Å²) in [7, 11) is 0. The summed E-state index contributed by atoms with van der Waals surface area (Å²) in [5.74, 6) is 2.76. The smallest absolute Gasteiger partial charge is 0.0415 e. The van der Waals surface area contributed by atoms with Crippen molar-refractivity contribution in [3.63, 3.8) is 0 Å². The molecule has 1 aliphatic carbocycles. The first-order chi connectivity index (χ1) is 9.35. The first-order valence-corrected chi connectivity index (χ1v) is 8.45. The van der Waals surface area contributed by atoms with Crippen molar-refractivity contribution < 1.29 is 0 Å². The molecule has 104 valence electrons. The Morgan fingerprint density at radius 1 is 1.42 bits per heavy atom. The van der Waals surface area contributed by atoms with Crippen LogP contribution in [0.4, 0.5) is 0 Å². The van der Waals surface area contributed by atoms with Crippen molar-refractivity contribution in [3.8, 4) is 12.3 Å². The van der Waals surface area contributed by atoms with Gasteiger partial charge < -0.3 is 5.32 Å². The summed E-state index contributed by atoms with van der Waals surface area (Å²) in [6, 6.07) is 2.98. The summed E-state index contributed by atoms with van der Waals surface area (Å²) < 4.78 is 0. The Morgan fingerprint density at radius 3 is 3.00 bits per heavy atom. The number of fused-ring (bicyclic) bond motifs is 1. The monoisotopic (exact) mass is 275 g/mol. The fourth-order valence-corrected chi connectivity index (χ4v) is 4.12. The average molecular weight is 275 g/mol. The van der Waals surface area contributed by atoms with Crippen molar-refractivity contribution in [1.29, 1.82) is 0 Å². The van der Waals surface area contributed by atoms with E-state index in [9.17, 15) is 0 Å². The van der Waals surface area contributed by atoms with E-state index in [1.165, 1.54) is 43.4 Å². The molecule has 2 heteroatoms. The minimum Gasteiger partial charge on any atom is -0.309 e. The van der Waals surface area contributed by atoms with Crippen LogP contribution >= 0.6 is 11.3 Å². The zero-order valence-electron chi connectivity index (χ0n) is 12.0. The molecule has 1 nitrogen and oxygen atoms in total. The van der Waals surface area contributed by atoms with E-state index in [0.29, 0.717) is 6.04 Å². The van der Waals surface area contributed by atoms with Crippen molar-refractivity contribution in [2.24, 2.45) is 0 Å². The van der Waals surface area contributed by atoms with E-state index in [2.05, 4.69) is 24.2 Å². The summed E-state index contributed by atoms with van der Waals surface area (Å²) in [6.45, 7) is 3.33. The average Bonchev–Trinajstić information content (AvgIpc) is 2.86. The van der Waals surface area contributed by atoms with Crippen LogP contribution < -0.4 is 5.32 Å². The highest BCUT2D eigenvalue weighted by atomic mass is 32.1. The molecule has 0 aromatic carbocycles. The van der Waals surface area contributed by atoms with E-state index in [1.54, 1.807) is 10.4 Å². The lowest BCUT2D eigenvalue weighted by Crippen LogP contribution is -2.21. The number of unbranched alkanes of at least 4 members (excludes halogenated alkanes) is 1. The maximum Gasteiger partial charge on any atom is 0.0415 e. The number of nitrogens with one attached hydrogen (secondary N) is 1. The molecule has 1 atom stereocenters. The number of rotatable bonds is 7. The highest BCUT2D eigenvalue weighted by Crippen LogP contribution is 2.34. The molecule has 0 aliphatic heterocycles. The third kappa shape index (κ3) is 4.09. The summed E-state index contributed by atoms with van der Waals surface area (Å²) >= 11 is 2.04. The summed E-state index contributed by atoms with van der Waals surface area (Å²) in [5.41, 5.74) is 1.62. The van der Waals surface area contributed by atoms with E-state index in [4.69, 9.17) is 6.42 Å². The van der Waals surface area contributed by atoms with Gasteiger partial charge in [0.15, 0.2) is 0 Å². The predicted octanol–water partition coefficient (Wildman–Crippen LogP) is 4.47. The van der Waals surface area contributed by atoms with E-state index < -0.39 is 0 Å². The Balaban J connectivity index is 2.03. The second-order valence-corrected chi connectivity index (χ2v) is 6.58. The van der Waals surface area contributed by atoms with Crippen LogP contribution in [-0.4, -0.2) is 6.54 Å². The lowest BCUT2D eigenvalue weighted by molar-refractivity contribution is 0.494. The van der Waals surface area contributed by atoms with Gasteiger partial charge in [0.05, 0.1) is 0 Å². The van der Waals surface area contributed by atoms with Crippen molar-refractivity contribution >= 4 is 11.3 Å². The standard InChI is InChI=1S/C17H25NS/c1-3-5-6-10-15(18-12-4-2)17-13-14-9-7-8-11-16(14)19-17/h1,13,15,18H,4-12H2,2H3. The van der Waals surface area contributed by atoms with Crippen LogP contribution in [0.15, 0.2) is 6.07 Å². The highest BCUT2D eigenvalue weighted by molar-refractivity contribution is 7.12. The van der Waals surface area contributed by atoms with Gasteiger partial charge in [-0.05, 0) is 63.1 Å². The van der Waals surface area contributed by atoms with Gasteiger partial charge in [0.1, 0.15) is 0 Å². The van der Waals surface area contributed by atoms with Gasteiger partial charge >= 0.3 is 0 Å². The minimum atomic E-state index is 0.517. The molecule has 2 rings (SSSR count). The molecule has 0 radical (unpaired) electrons. The first-order valence-electron chi connectivity index (χ1n) is 7.63. The van der Waals surface area contributed by atoms with E-state index >= 15 is 0 Å². The van der Waals surface area contributed by atoms with Crippen LogP contribution in [0.1, 0.15) is 66.8 Å².